The van der Waals surface area contributed by atoms with E-state index in [1.165, 1.54) is 0 Å². The minimum Gasteiger partial charge on any atom is -0.318 e. The summed E-state index contributed by atoms with van der Waals surface area (Å²) in [6, 6.07) is -0.0335. The van der Waals surface area contributed by atoms with Crippen LogP contribution in [-0.4, -0.2) is 15.8 Å². The molecule has 3 heteroatoms. The first-order chi connectivity index (χ1) is 7.10. The van der Waals surface area contributed by atoms with Crippen LogP contribution >= 0.6 is 0 Å². The summed E-state index contributed by atoms with van der Waals surface area (Å²) >= 11 is 0. The minimum atomic E-state index is -0.0335. The van der Waals surface area contributed by atoms with Gasteiger partial charge in [0, 0.05) is 6.54 Å². The highest BCUT2D eigenvalue weighted by Gasteiger charge is 2.07. The van der Waals surface area contributed by atoms with Gasteiger partial charge in [-0.15, -0.1) is 0 Å². The molecule has 0 amide bonds. The number of nitrogens with two attached hydrogens (primary N) is 1. The molecule has 0 aliphatic carbocycles. The molecule has 0 spiro atoms. The van der Waals surface area contributed by atoms with Crippen LogP contribution in [-0.2, 0) is 6.54 Å². The van der Waals surface area contributed by atoms with Gasteiger partial charge in [-0.05, 0) is 27.2 Å². The summed E-state index contributed by atoms with van der Waals surface area (Å²) in [7, 11) is 0. The molecule has 0 fully saturated rings. The van der Waals surface area contributed by atoms with Gasteiger partial charge in [-0.3, -0.25) is 4.68 Å². The quantitative estimate of drug-likeness (QED) is 0.745. The van der Waals surface area contributed by atoms with Gasteiger partial charge in [0.15, 0.2) is 0 Å². The van der Waals surface area contributed by atoms with Crippen LogP contribution < -0.4 is 5.73 Å². The molecule has 3 nitrogen and oxygen atoms in total. The monoisotopic (exact) mass is 205 g/mol. The summed E-state index contributed by atoms with van der Waals surface area (Å²) in [4.78, 5) is 0. The van der Waals surface area contributed by atoms with Crippen molar-refractivity contribution in [3.63, 3.8) is 0 Å². The Morgan fingerprint density at radius 3 is 2.53 bits per heavy atom. The van der Waals surface area contributed by atoms with Gasteiger partial charge in [0.1, 0.15) is 0 Å². The molecule has 2 N–H and O–H groups in total. The first-order valence-electron chi connectivity index (χ1n) is 5.41. The summed E-state index contributed by atoms with van der Waals surface area (Å²) in [5.41, 5.74) is 8.91. The highest BCUT2D eigenvalue weighted by molar-refractivity contribution is 5.41. The zero-order valence-electron chi connectivity index (χ0n) is 9.96. The molecule has 1 heterocycles. The lowest BCUT2D eigenvalue weighted by Gasteiger charge is -1.98. The van der Waals surface area contributed by atoms with Crippen LogP contribution in [0.5, 0.6) is 0 Å². The van der Waals surface area contributed by atoms with E-state index < -0.39 is 0 Å². The lowest BCUT2D eigenvalue weighted by molar-refractivity contribution is 0.634. The summed E-state index contributed by atoms with van der Waals surface area (Å²) in [6.07, 6.45) is 0.882. The summed E-state index contributed by atoms with van der Waals surface area (Å²) in [5, 5.41) is 4.41. The molecule has 0 saturated heterocycles. The largest absolute Gasteiger partial charge is 0.318 e. The number of aryl methyl sites for hydroxylation is 2. The number of hydrogen-bond donors (Lipinski definition) is 1. The van der Waals surface area contributed by atoms with Gasteiger partial charge in [-0.1, -0.05) is 18.8 Å². The molecule has 82 valence electrons. The molecular weight excluding hydrogens is 186 g/mol. The first kappa shape index (κ1) is 11.8. The zero-order valence-corrected chi connectivity index (χ0v) is 9.96. The predicted octanol–water partition coefficient (Wildman–Crippen LogP) is 1.61. The SMILES string of the molecule is CCC(N)C#Cc1c(C)nn(CC)c1C. The molecule has 0 bridgehead atoms. The van der Waals surface area contributed by atoms with E-state index in [4.69, 9.17) is 5.73 Å². The molecule has 1 aromatic heterocycles. The number of hydrogen-bond acceptors (Lipinski definition) is 2. The predicted molar refractivity (Wildman–Crippen MR) is 62.5 cm³/mol. The molecule has 0 aliphatic heterocycles. The zero-order chi connectivity index (χ0) is 11.4. The highest BCUT2D eigenvalue weighted by atomic mass is 15.3. The molecule has 1 rings (SSSR count). The number of nitrogens with zero attached hydrogens (tertiary/aromatic N) is 2. The van der Waals surface area contributed by atoms with Gasteiger partial charge in [-0.2, -0.15) is 5.10 Å². The van der Waals surface area contributed by atoms with Crippen LogP contribution in [0.4, 0.5) is 0 Å². The topological polar surface area (TPSA) is 43.8 Å². The normalized spacial score (nSPS) is 12.1. The van der Waals surface area contributed by atoms with Crippen molar-refractivity contribution in [3.05, 3.63) is 17.0 Å². The number of aromatic nitrogens is 2. The third kappa shape index (κ3) is 2.60. The average Bonchev–Trinajstić information content (AvgIpc) is 2.51. The third-order valence-corrected chi connectivity index (χ3v) is 2.50. The van der Waals surface area contributed by atoms with Crippen LogP contribution in [0.25, 0.3) is 0 Å². The van der Waals surface area contributed by atoms with Crippen LogP contribution in [0.15, 0.2) is 0 Å². The Hall–Kier alpha value is -1.27. The van der Waals surface area contributed by atoms with Crippen molar-refractivity contribution in [3.8, 4) is 11.8 Å². The Morgan fingerprint density at radius 1 is 1.40 bits per heavy atom. The van der Waals surface area contributed by atoms with E-state index in [0.717, 1.165) is 29.9 Å². The molecule has 1 aromatic rings. The Labute approximate surface area is 91.7 Å². The first-order valence-corrected chi connectivity index (χ1v) is 5.41. The molecule has 0 saturated carbocycles. The third-order valence-electron chi connectivity index (χ3n) is 2.50. The fraction of sp³-hybridized carbons (Fsp3) is 0.583. The number of rotatable bonds is 2. The maximum atomic E-state index is 5.76. The molecule has 1 unspecified atom stereocenters. The van der Waals surface area contributed by atoms with Crippen molar-refractivity contribution in [1.82, 2.24) is 9.78 Å². The smallest absolute Gasteiger partial charge is 0.0753 e. The van der Waals surface area contributed by atoms with Crippen molar-refractivity contribution in [2.45, 2.75) is 46.7 Å². The second-order valence-corrected chi connectivity index (χ2v) is 3.65. The second-order valence-electron chi connectivity index (χ2n) is 3.65. The van der Waals surface area contributed by atoms with Crippen LogP contribution in [0.3, 0.4) is 0 Å². The summed E-state index contributed by atoms with van der Waals surface area (Å²) in [6.45, 7) is 9.03. The Balaban J connectivity index is 3.02. The highest BCUT2D eigenvalue weighted by Crippen LogP contribution is 2.11. The Bertz CT molecular complexity index is 393. The molecular formula is C12H19N3. The van der Waals surface area contributed by atoms with Crippen LogP contribution in [0, 0.1) is 25.7 Å². The maximum absolute atomic E-state index is 5.76. The van der Waals surface area contributed by atoms with Crippen molar-refractivity contribution < 1.29 is 0 Å². The second kappa shape index (κ2) is 4.99. The van der Waals surface area contributed by atoms with Crippen LogP contribution in [0.2, 0.25) is 0 Å². The summed E-state index contributed by atoms with van der Waals surface area (Å²) < 4.78 is 1.97. The van der Waals surface area contributed by atoms with Gasteiger partial charge in [-0.25, -0.2) is 0 Å². The molecule has 0 aliphatic rings. The van der Waals surface area contributed by atoms with Gasteiger partial charge < -0.3 is 5.73 Å². The van der Waals surface area contributed by atoms with E-state index in [1.54, 1.807) is 0 Å². The van der Waals surface area contributed by atoms with E-state index in [9.17, 15) is 0 Å². The van der Waals surface area contributed by atoms with Crippen molar-refractivity contribution >= 4 is 0 Å². The van der Waals surface area contributed by atoms with Crippen molar-refractivity contribution in [1.29, 1.82) is 0 Å². The average molecular weight is 205 g/mol. The van der Waals surface area contributed by atoms with Gasteiger partial charge in [0.2, 0.25) is 0 Å². The van der Waals surface area contributed by atoms with Gasteiger partial charge >= 0.3 is 0 Å². The van der Waals surface area contributed by atoms with Crippen molar-refractivity contribution in [2.75, 3.05) is 0 Å². The van der Waals surface area contributed by atoms with Crippen molar-refractivity contribution in [2.24, 2.45) is 5.73 Å². The summed E-state index contributed by atoms with van der Waals surface area (Å²) in [5.74, 6) is 6.17. The molecule has 0 aromatic carbocycles. The van der Waals surface area contributed by atoms with E-state index in [1.807, 2.05) is 25.5 Å². The standard InChI is InChI=1S/C12H19N3/c1-5-11(13)7-8-12-9(3)14-15(6-2)10(12)4/h11H,5-6,13H2,1-4H3. The molecule has 0 radical (unpaired) electrons. The maximum Gasteiger partial charge on any atom is 0.0753 e. The Morgan fingerprint density at radius 2 is 2.07 bits per heavy atom. The van der Waals surface area contributed by atoms with E-state index in [0.29, 0.717) is 0 Å². The molecule has 15 heavy (non-hydrogen) atoms. The van der Waals surface area contributed by atoms with E-state index in [2.05, 4.69) is 23.9 Å². The minimum absolute atomic E-state index is 0.0335. The lowest BCUT2D eigenvalue weighted by Crippen LogP contribution is -2.15. The van der Waals surface area contributed by atoms with E-state index >= 15 is 0 Å². The molecule has 1 atom stereocenters. The Kier molecular flexibility index (Phi) is 3.93. The fourth-order valence-corrected chi connectivity index (χ4v) is 1.45. The van der Waals surface area contributed by atoms with E-state index in [-0.39, 0.29) is 6.04 Å². The van der Waals surface area contributed by atoms with Gasteiger partial charge in [0.05, 0.1) is 23.0 Å². The lowest BCUT2D eigenvalue weighted by atomic mass is 10.1. The van der Waals surface area contributed by atoms with Gasteiger partial charge in [0.25, 0.3) is 0 Å². The fourth-order valence-electron chi connectivity index (χ4n) is 1.45. The van der Waals surface area contributed by atoms with Crippen LogP contribution in [0.1, 0.15) is 37.2 Å².